The minimum atomic E-state index is -0.866. The summed E-state index contributed by atoms with van der Waals surface area (Å²) in [6.07, 6.45) is 0.119. The molecule has 7 heteroatoms. The van der Waals surface area contributed by atoms with E-state index in [0.717, 1.165) is 37.2 Å². The first-order valence-corrected chi connectivity index (χ1v) is 18.4. The maximum atomic E-state index is 11.4. The first-order valence-electron chi connectivity index (χ1n) is 16.7. The fourth-order valence-corrected chi connectivity index (χ4v) is 8.34. The molecule has 0 atom stereocenters. The molecule has 0 aliphatic rings. The molecule has 8 aromatic rings. The lowest BCUT2D eigenvalue weighted by molar-refractivity contribution is -0.137. The molecular formula is C45H36O5S2. The summed E-state index contributed by atoms with van der Waals surface area (Å²) in [7, 11) is 0. The highest BCUT2D eigenvalue weighted by atomic mass is 32.1. The van der Waals surface area contributed by atoms with Crippen molar-refractivity contribution in [3.63, 3.8) is 0 Å². The van der Waals surface area contributed by atoms with Crippen molar-refractivity contribution in [2.45, 2.75) is 18.9 Å². The molecule has 0 spiro atoms. The Morgan fingerprint density at radius 3 is 1.37 bits per heavy atom. The molecule has 0 saturated heterocycles. The van der Waals surface area contributed by atoms with Gasteiger partial charge >= 0.3 is 11.9 Å². The highest BCUT2D eigenvalue weighted by molar-refractivity contribution is 7.21. The number of hydrogen-bond donors (Lipinski definition) is 3. The van der Waals surface area contributed by atoms with E-state index in [9.17, 15) is 19.8 Å². The molecule has 2 heterocycles. The number of benzene rings is 6. The third-order valence-electron chi connectivity index (χ3n) is 8.51. The van der Waals surface area contributed by atoms with Crippen molar-refractivity contribution in [3.05, 3.63) is 191 Å². The van der Waals surface area contributed by atoms with Crippen LogP contribution >= 0.6 is 22.7 Å². The molecule has 0 aliphatic heterocycles. The quantitative estimate of drug-likeness (QED) is 0.145. The molecule has 6 aromatic carbocycles. The number of aromatic carboxylic acids is 1. The van der Waals surface area contributed by atoms with Gasteiger partial charge in [-0.25, -0.2) is 4.79 Å². The highest BCUT2D eigenvalue weighted by Gasteiger charge is 2.19. The Bertz CT molecular complexity index is 2330. The van der Waals surface area contributed by atoms with E-state index in [1.807, 2.05) is 146 Å². The zero-order chi connectivity index (χ0) is 36.3. The number of hydrogen-bond acceptors (Lipinski definition) is 5. The van der Waals surface area contributed by atoms with Crippen LogP contribution in [0.2, 0.25) is 0 Å². The molecule has 258 valence electrons. The Balaban J connectivity index is 0.000000134. The third-order valence-corrected chi connectivity index (χ3v) is 10.8. The first kappa shape index (κ1) is 35.9. The summed E-state index contributed by atoms with van der Waals surface area (Å²) >= 11 is 3.00. The van der Waals surface area contributed by atoms with Gasteiger partial charge in [0.2, 0.25) is 0 Å². The van der Waals surface area contributed by atoms with E-state index < -0.39 is 11.9 Å². The van der Waals surface area contributed by atoms with E-state index >= 15 is 0 Å². The normalized spacial score (nSPS) is 10.7. The van der Waals surface area contributed by atoms with Crippen molar-refractivity contribution in [2.24, 2.45) is 0 Å². The minimum absolute atomic E-state index is 0.0742. The van der Waals surface area contributed by atoms with Gasteiger partial charge in [-0.15, -0.1) is 22.7 Å². The number of aliphatic hydroxyl groups excluding tert-OH is 1. The summed E-state index contributed by atoms with van der Waals surface area (Å²) in [5.41, 5.74) is 6.21. The molecule has 8 rings (SSSR count). The van der Waals surface area contributed by atoms with Gasteiger partial charge in [0.15, 0.2) is 0 Å². The van der Waals surface area contributed by atoms with Gasteiger partial charge in [0.05, 0.1) is 13.0 Å². The lowest BCUT2D eigenvalue weighted by atomic mass is 9.89. The fourth-order valence-electron chi connectivity index (χ4n) is 6.19. The molecule has 0 unspecified atom stereocenters. The Kier molecular flexibility index (Phi) is 12.0. The maximum absolute atomic E-state index is 11.4. The molecular weight excluding hydrogens is 685 g/mol. The Morgan fingerprint density at radius 2 is 0.904 bits per heavy atom. The molecule has 0 fully saturated rings. The van der Waals surface area contributed by atoms with Crippen LogP contribution in [-0.4, -0.2) is 27.3 Å². The lowest BCUT2D eigenvalue weighted by Crippen LogP contribution is -2.07. The number of carboxylic acid groups (broad SMARTS) is 2. The first-order chi connectivity index (χ1) is 25.4. The van der Waals surface area contributed by atoms with E-state index in [-0.39, 0.29) is 18.9 Å². The summed E-state index contributed by atoms with van der Waals surface area (Å²) in [4.78, 5) is 23.8. The van der Waals surface area contributed by atoms with Crippen LogP contribution in [-0.2, 0) is 11.4 Å². The van der Waals surface area contributed by atoms with Gasteiger partial charge in [-0.3, -0.25) is 4.79 Å². The van der Waals surface area contributed by atoms with Crippen LogP contribution in [0.15, 0.2) is 170 Å². The van der Waals surface area contributed by atoms with Crippen LogP contribution in [0.25, 0.3) is 42.4 Å². The molecule has 0 radical (unpaired) electrons. The standard InChI is InChI=1S/C15H10O2S.C15H14O2.C15H12OS/c16-15(17)14-13(10-6-2-1-3-7-10)11-8-4-5-9-12(11)18-14;16-15(17)11-14(12-7-3-1-4-8-12)13-9-5-2-6-10-13;16-10-14-15(11-6-2-1-3-7-11)12-8-4-5-9-13(12)17-14/h1-9H,(H,16,17);1-10,14H,11H2,(H,16,17);1-9,16H,10H2. The van der Waals surface area contributed by atoms with Crippen molar-refractivity contribution in [1.82, 2.24) is 0 Å². The van der Waals surface area contributed by atoms with Crippen molar-refractivity contribution >= 4 is 54.8 Å². The zero-order valence-corrected chi connectivity index (χ0v) is 29.8. The highest BCUT2D eigenvalue weighted by Crippen LogP contribution is 2.39. The average Bonchev–Trinajstić information content (AvgIpc) is 3.78. The van der Waals surface area contributed by atoms with E-state index in [4.69, 9.17) is 5.11 Å². The second-order valence-electron chi connectivity index (χ2n) is 11.9. The maximum Gasteiger partial charge on any atom is 0.346 e. The largest absolute Gasteiger partial charge is 0.481 e. The fraction of sp³-hybridized carbons (Fsp3) is 0.0667. The van der Waals surface area contributed by atoms with E-state index in [1.54, 1.807) is 11.3 Å². The molecule has 5 nitrogen and oxygen atoms in total. The van der Waals surface area contributed by atoms with Gasteiger partial charge in [0.1, 0.15) is 4.88 Å². The zero-order valence-electron chi connectivity index (χ0n) is 28.1. The molecule has 0 aliphatic carbocycles. The van der Waals surface area contributed by atoms with Crippen LogP contribution in [0.5, 0.6) is 0 Å². The second-order valence-corrected chi connectivity index (χ2v) is 14.1. The summed E-state index contributed by atoms with van der Waals surface area (Å²) in [6.45, 7) is 0.101. The molecule has 0 saturated carbocycles. The lowest BCUT2D eigenvalue weighted by Gasteiger charge is -2.15. The van der Waals surface area contributed by atoms with Crippen molar-refractivity contribution < 1.29 is 24.9 Å². The predicted octanol–water partition coefficient (Wildman–Crippen LogP) is 11.6. The predicted molar refractivity (Wildman–Crippen MR) is 214 cm³/mol. The van der Waals surface area contributed by atoms with Crippen LogP contribution in [0.3, 0.4) is 0 Å². The molecule has 0 bridgehead atoms. The third kappa shape index (κ3) is 8.53. The number of thiophene rings is 2. The Labute approximate surface area is 310 Å². The average molecular weight is 721 g/mol. The van der Waals surface area contributed by atoms with E-state index in [2.05, 4.69) is 24.3 Å². The molecule has 52 heavy (non-hydrogen) atoms. The molecule has 2 aromatic heterocycles. The summed E-state index contributed by atoms with van der Waals surface area (Å²) in [5, 5.41) is 30.1. The number of fused-ring (bicyclic) bond motifs is 2. The summed E-state index contributed by atoms with van der Waals surface area (Å²) in [6, 6.07) is 55.5. The van der Waals surface area contributed by atoms with Gasteiger partial charge in [-0.2, -0.15) is 0 Å². The summed E-state index contributed by atoms with van der Waals surface area (Å²) < 4.78 is 2.24. The van der Waals surface area contributed by atoms with Crippen molar-refractivity contribution in [3.8, 4) is 22.3 Å². The van der Waals surface area contributed by atoms with E-state index in [0.29, 0.717) is 4.88 Å². The van der Waals surface area contributed by atoms with Gasteiger partial charge in [-0.05, 0) is 34.4 Å². The SMILES string of the molecule is O=C(O)CC(c1ccccc1)c1ccccc1.O=C(O)c1sc2ccccc2c1-c1ccccc1.OCc1sc2ccccc2c1-c1ccccc1. The van der Waals surface area contributed by atoms with Crippen molar-refractivity contribution in [1.29, 1.82) is 0 Å². The van der Waals surface area contributed by atoms with Crippen molar-refractivity contribution in [2.75, 3.05) is 0 Å². The van der Waals surface area contributed by atoms with Gasteiger partial charge in [0, 0.05) is 42.1 Å². The molecule has 0 amide bonds. The monoisotopic (exact) mass is 720 g/mol. The Morgan fingerprint density at radius 1 is 0.500 bits per heavy atom. The number of rotatable bonds is 8. The Hall–Kier alpha value is -5.86. The van der Waals surface area contributed by atoms with E-state index in [1.165, 1.54) is 32.5 Å². The topological polar surface area (TPSA) is 94.8 Å². The number of carbonyl (C=O) groups is 2. The van der Waals surface area contributed by atoms with Gasteiger partial charge in [-0.1, -0.05) is 158 Å². The smallest absolute Gasteiger partial charge is 0.346 e. The van der Waals surface area contributed by atoms with Gasteiger partial charge < -0.3 is 15.3 Å². The van der Waals surface area contributed by atoms with Crippen LogP contribution in [0, 0.1) is 0 Å². The number of aliphatic hydroxyl groups is 1. The van der Waals surface area contributed by atoms with Crippen LogP contribution in [0.1, 0.15) is 38.0 Å². The van der Waals surface area contributed by atoms with Gasteiger partial charge in [0.25, 0.3) is 0 Å². The van der Waals surface area contributed by atoms with Crippen LogP contribution in [0.4, 0.5) is 0 Å². The summed E-state index contributed by atoms with van der Waals surface area (Å²) in [5.74, 6) is -1.72. The number of carboxylic acids is 2. The molecule has 3 N–H and O–H groups in total. The number of aliphatic carboxylic acids is 1. The minimum Gasteiger partial charge on any atom is -0.481 e. The van der Waals surface area contributed by atoms with Crippen LogP contribution < -0.4 is 0 Å². The second kappa shape index (κ2) is 17.4.